The molecule has 2 atom stereocenters. The Hall–Kier alpha value is -2.14. The number of methoxy groups -OCH3 is 2. The number of unbranched alkanes of at least 4 members (excludes halogenated alkanes) is 2. The zero-order valence-corrected chi connectivity index (χ0v) is 19.2. The van der Waals surface area contributed by atoms with Crippen molar-refractivity contribution < 1.29 is 24.2 Å². The van der Waals surface area contributed by atoms with Crippen molar-refractivity contribution in [1.29, 1.82) is 0 Å². The first-order valence-electron chi connectivity index (χ1n) is 10.8. The van der Waals surface area contributed by atoms with Crippen LogP contribution in [-0.2, 0) is 19.1 Å². The third-order valence-electron chi connectivity index (χ3n) is 5.44. The highest BCUT2D eigenvalue weighted by molar-refractivity contribution is 5.98. The van der Waals surface area contributed by atoms with Crippen LogP contribution in [0.1, 0.15) is 72.1 Å². The van der Waals surface area contributed by atoms with Gasteiger partial charge in [-0.15, -0.1) is 0 Å². The second kappa shape index (κ2) is 13.2. The highest BCUT2D eigenvalue weighted by Gasteiger charge is 2.34. The summed E-state index contributed by atoms with van der Waals surface area (Å²) in [6, 6.07) is 0. The molecule has 0 amide bonds. The van der Waals surface area contributed by atoms with Crippen molar-refractivity contribution in [2.24, 2.45) is 5.92 Å². The van der Waals surface area contributed by atoms with Crippen molar-refractivity contribution in [1.82, 2.24) is 0 Å². The van der Waals surface area contributed by atoms with E-state index in [9.17, 15) is 14.7 Å². The molecule has 1 rings (SSSR count). The van der Waals surface area contributed by atoms with Gasteiger partial charge in [0.15, 0.2) is 0 Å². The highest BCUT2D eigenvalue weighted by Crippen LogP contribution is 2.31. The summed E-state index contributed by atoms with van der Waals surface area (Å²) in [6.45, 7) is 6.16. The summed E-state index contributed by atoms with van der Waals surface area (Å²) in [7, 11) is 2.99. The van der Waals surface area contributed by atoms with E-state index in [1.807, 2.05) is 13.0 Å². The van der Waals surface area contributed by atoms with Gasteiger partial charge in [-0.3, -0.25) is 4.79 Å². The molecule has 0 heterocycles. The minimum atomic E-state index is -0.590. The summed E-state index contributed by atoms with van der Waals surface area (Å²) in [5.74, 6) is -1.08. The van der Waals surface area contributed by atoms with Crippen molar-refractivity contribution in [2.45, 2.75) is 77.7 Å². The van der Waals surface area contributed by atoms with Crippen LogP contribution < -0.4 is 0 Å². The van der Waals surface area contributed by atoms with Gasteiger partial charge in [-0.2, -0.15) is 0 Å². The second-order valence-electron chi connectivity index (χ2n) is 8.30. The number of carbonyl (C=O) groups excluding carboxylic acids is 2. The third-order valence-corrected chi connectivity index (χ3v) is 5.44. The third kappa shape index (κ3) is 8.70. The first-order chi connectivity index (χ1) is 14.2. The topological polar surface area (TPSA) is 72.8 Å². The molecule has 1 aliphatic rings. The van der Waals surface area contributed by atoms with E-state index in [0.29, 0.717) is 19.3 Å². The van der Waals surface area contributed by atoms with Crippen molar-refractivity contribution in [3.8, 4) is 0 Å². The van der Waals surface area contributed by atoms with Gasteiger partial charge < -0.3 is 14.6 Å². The molecule has 0 radical (unpaired) electrons. The Bertz CT molecular complexity index is 694. The number of aliphatic hydroxyl groups excluding tert-OH is 1. The number of rotatable bonds is 12. The van der Waals surface area contributed by atoms with Gasteiger partial charge in [0.1, 0.15) is 11.5 Å². The molecule has 0 spiro atoms. The predicted octanol–water partition coefficient (Wildman–Crippen LogP) is 5.77. The van der Waals surface area contributed by atoms with Gasteiger partial charge in [0, 0.05) is 20.0 Å². The molecular formula is C25H38O5. The van der Waals surface area contributed by atoms with Crippen LogP contribution in [0.3, 0.4) is 0 Å². The molecule has 0 saturated heterocycles. The fourth-order valence-electron chi connectivity index (χ4n) is 3.48. The Morgan fingerprint density at radius 2 is 1.97 bits per heavy atom. The average Bonchev–Trinajstić information content (AvgIpc) is 3.12. The van der Waals surface area contributed by atoms with E-state index >= 15 is 0 Å². The zero-order valence-electron chi connectivity index (χ0n) is 19.2. The Labute approximate surface area is 181 Å². The number of carbonyl (C=O) groups is 2. The van der Waals surface area contributed by atoms with Crippen LogP contribution in [0.25, 0.3) is 0 Å². The largest absolute Gasteiger partial charge is 0.512 e. The summed E-state index contributed by atoms with van der Waals surface area (Å²) in [6.07, 6.45) is 15.9. The minimum Gasteiger partial charge on any atom is -0.512 e. The maximum atomic E-state index is 12.1. The lowest BCUT2D eigenvalue weighted by molar-refractivity contribution is -0.138. The van der Waals surface area contributed by atoms with Crippen LogP contribution in [-0.4, -0.2) is 36.7 Å². The maximum Gasteiger partial charge on any atom is 0.337 e. The van der Waals surface area contributed by atoms with Gasteiger partial charge in [0.05, 0.1) is 24.2 Å². The summed E-state index contributed by atoms with van der Waals surface area (Å²) < 4.78 is 10.4. The lowest BCUT2D eigenvalue weighted by Crippen LogP contribution is -2.23. The molecule has 1 saturated carbocycles. The number of Topliss-reactive ketones (excluding diaryl/α,β-unsaturated/α-hetero) is 1. The fourth-order valence-corrected chi connectivity index (χ4v) is 3.48. The summed E-state index contributed by atoms with van der Waals surface area (Å²) in [4.78, 5) is 24.1. The van der Waals surface area contributed by atoms with E-state index in [0.717, 1.165) is 32.1 Å². The first kappa shape index (κ1) is 25.9. The molecule has 5 heteroatoms. The zero-order chi connectivity index (χ0) is 22.6. The minimum absolute atomic E-state index is 0.00227. The molecule has 168 valence electrons. The summed E-state index contributed by atoms with van der Waals surface area (Å²) >= 11 is 0. The maximum absolute atomic E-state index is 12.1. The van der Waals surface area contributed by atoms with Gasteiger partial charge in [-0.1, -0.05) is 36.0 Å². The predicted molar refractivity (Wildman–Crippen MR) is 120 cm³/mol. The molecule has 0 aromatic heterocycles. The first-order valence-corrected chi connectivity index (χ1v) is 10.8. The molecule has 0 aliphatic heterocycles. The SMILES string of the molecule is COC(=O)C(=C(O)CCCC/C=C/CC(C)(/C=C/C=C(C)C)OC)[C@H]1CCCC1=O. The molecule has 1 fully saturated rings. The van der Waals surface area contributed by atoms with Gasteiger partial charge >= 0.3 is 5.97 Å². The molecule has 0 bridgehead atoms. The van der Waals surface area contributed by atoms with Crippen LogP contribution in [0, 0.1) is 5.92 Å². The molecule has 30 heavy (non-hydrogen) atoms. The van der Waals surface area contributed by atoms with E-state index in [1.54, 1.807) is 7.11 Å². The summed E-state index contributed by atoms with van der Waals surface area (Å²) in [5.41, 5.74) is 1.06. The smallest absolute Gasteiger partial charge is 0.337 e. The highest BCUT2D eigenvalue weighted by atomic mass is 16.5. The molecule has 5 nitrogen and oxygen atoms in total. The van der Waals surface area contributed by atoms with E-state index in [-0.39, 0.29) is 22.7 Å². The Morgan fingerprint density at radius 3 is 2.53 bits per heavy atom. The van der Waals surface area contributed by atoms with Crippen LogP contribution in [0.5, 0.6) is 0 Å². The fraction of sp³-hybridized carbons (Fsp3) is 0.600. The van der Waals surface area contributed by atoms with Crippen LogP contribution in [0.15, 0.2) is 47.3 Å². The Kier molecular flexibility index (Phi) is 11.4. The van der Waals surface area contributed by atoms with Gasteiger partial charge in [0.25, 0.3) is 0 Å². The average molecular weight is 419 g/mol. The molecule has 1 N–H and O–H groups in total. The Balaban J connectivity index is 2.52. The monoisotopic (exact) mass is 418 g/mol. The van der Waals surface area contributed by atoms with E-state index in [2.05, 4.69) is 38.2 Å². The number of hydrogen-bond acceptors (Lipinski definition) is 5. The van der Waals surface area contributed by atoms with Crippen molar-refractivity contribution in [3.05, 3.63) is 47.3 Å². The van der Waals surface area contributed by atoms with Crippen molar-refractivity contribution in [3.63, 3.8) is 0 Å². The van der Waals surface area contributed by atoms with Gasteiger partial charge in [0.2, 0.25) is 0 Å². The van der Waals surface area contributed by atoms with E-state index < -0.39 is 11.9 Å². The standard InChI is InChI=1S/C25H38O5/c1-19(2)13-12-18-25(3,30-5)17-10-8-6-7-9-15-22(27)23(24(28)29-4)20-14-11-16-21(20)26/h8,10,12-13,18,20,27H,6-7,9,11,14-17H2,1-5H3/b10-8+,18-12+,23-22?/t20-,25?/m0/s1. The van der Waals surface area contributed by atoms with Gasteiger partial charge in [-0.25, -0.2) is 4.79 Å². The number of esters is 1. The molecular weight excluding hydrogens is 380 g/mol. The number of ketones is 1. The molecule has 0 aromatic carbocycles. The van der Waals surface area contributed by atoms with Crippen LogP contribution in [0.2, 0.25) is 0 Å². The molecule has 1 unspecified atom stereocenters. The van der Waals surface area contributed by atoms with Crippen molar-refractivity contribution >= 4 is 11.8 Å². The Morgan fingerprint density at radius 1 is 1.23 bits per heavy atom. The molecule has 0 aromatic rings. The number of aliphatic hydroxyl groups is 1. The van der Waals surface area contributed by atoms with Crippen molar-refractivity contribution in [2.75, 3.05) is 14.2 Å². The normalized spacial score (nSPS) is 19.8. The summed E-state index contributed by atoms with van der Waals surface area (Å²) in [5, 5.41) is 10.4. The number of allylic oxidation sites excluding steroid dienone is 5. The second-order valence-corrected chi connectivity index (χ2v) is 8.30. The lowest BCUT2D eigenvalue weighted by Gasteiger charge is -2.22. The van der Waals surface area contributed by atoms with Gasteiger partial charge in [-0.05, 0) is 59.3 Å². The lowest BCUT2D eigenvalue weighted by atomic mass is 9.93. The quantitative estimate of drug-likeness (QED) is 0.109. The van der Waals surface area contributed by atoms with E-state index in [1.165, 1.54) is 12.7 Å². The van der Waals surface area contributed by atoms with E-state index in [4.69, 9.17) is 9.47 Å². The number of ether oxygens (including phenoxy) is 2. The van der Waals surface area contributed by atoms with Crippen LogP contribution >= 0.6 is 0 Å². The molecule has 1 aliphatic carbocycles. The van der Waals surface area contributed by atoms with Crippen LogP contribution in [0.4, 0.5) is 0 Å². The number of hydrogen-bond donors (Lipinski definition) is 1.